The first-order valence-electron chi connectivity index (χ1n) is 8.13. The number of amides is 1. The molecule has 0 spiro atoms. The molecule has 1 aliphatic rings. The van der Waals surface area contributed by atoms with Crippen molar-refractivity contribution in [3.8, 4) is 0 Å². The molecule has 4 rings (SSSR count). The monoisotopic (exact) mass is 339 g/mol. The summed E-state index contributed by atoms with van der Waals surface area (Å²) in [4.78, 5) is 17.4. The van der Waals surface area contributed by atoms with Crippen molar-refractivity contribution >= 4 is 28.8 Å². The predicted molar refractivity (Wildman–Crippen MR) is 95.5 cm³/mol. The molecule has 2 aromatic heterocycles. The number of nitrogens with one attached hydrogen (secondary N) is 1. The number of aryl methyl sites for hydroxylation is 2. The summed E-state index contributed by atoms with van der Waals surface area (Å²) < 4.78 is 2.11. The number of nitrogens with zero attached hydrogens (tertiary/aromatic N) is 2. The molecule has 3 aromatic rings. The molecule has 0 radical (unpaired) electrons. The largest absolute Gasteiger partial charge is 0.325 e. The van der Waals surface area contributed by atoms with Crippen molar-refractivity contribution in [2.75, 3.05) is 5.32 Å². The summed E-state index contributed by atoms with van der Waals surface area (Å²) in [7, 11) is 0. The first-order chi connectivity index (χ1) is 11.6. The van der Waals surface area contributed by atoms with Crippen LogP contribution in [0.3, 0.4) is 0 Å². The standard InChI is InChI=1S/C19H18ClN3O/c1-12-8-9-23-17-11-13(6-7-16(17)21-18(23)10-12)19(24)22-15-5-3-2-4-14(15)20/h2-5,8-10,13H,6-7,11H2,1H3,(H,22,24). The van der Waals surface area contributed by atoms with Crippen LogP contribution in [0.25, 0.3) is 5.65 Å². The van der Waals surface area contributed by atoms with E-state index in [-0.39, 0.29) is 11.8 Å². The van der Waals surface area contributed by atoms with Gasteiger partial charge in [-0.2, -0.15) is 0 Å². The molecule has 0 bridgehead atoms. The number of para-hydroxylation sites is 1. The molecule has 1 N–H and O–H groups in total. The molecule has 2 heterocycles. The van der Waals surface area contributed by atoms with E-state index in [1.54, 1.807) is 6.07 Å². The molecule has 0 saturated heterocycles. The number of anilines is 1. The Morgan fingerprint density at radius 3 is 3.00 bits per heavy atom. The Morgan fingerprint density at radius 2 is 2.17 bits per heavy atom. The summed E-state index contributed by atoms with van der Waals surface area (Å²) in [5.41, 5.74) is 5.09. The van der Waals surface area contributed by atoms with E-state index in [2.05, 4.69) is 28.8 Å². The van der Waals surface area contributed by atoms with Gasteiger partial charge in [0.05, 0.1) is 16.4 Å². The lowest BCUT2D eigenvalue weighted by Gasteiger charge is -2.21. The van der Waals surface area contributed by atoms with Crippen molar-refractivity contribution in [1.29, 1.82) is 0 Å². The number of aromatic nitrogens is 2. The summed E-state index contributed by atoms with van der Waals surface area (Å²) in [6, 6.07) is 11.5. The van der Waals surface area contributed by atoms with Gasteiger partial charge in [-0.25, -0.2) is 4.98 Å². The Bertz CT molecular complexity index is 932. The lowest BCUT2D eigenvalue weighted by Crippen LogP contribution is -2.28. The highest BCUT2D eigenvalue weighted by Gasteiger charge is 2.28. The van der Waals surface area contributed by atoms with Crippen LogP contribution >= 0.6 is 11.6 Å². The second-order valence-corrected chi connectivity index (χ2v) is 6.75. The SMILES string of the molecule is Cc1ccn2c3c(nc2c1)CCC(C(=O)Nc1ccccc1Cl)C3. The lowest BCUT2D eigenvalue weighted by atomic mass is 9.89. The molecular formula is C19H18ClN3O. The molecule has 1 atom stereocenters. The lowest BCUT2D eigenvalue weighted by molar-refractivity contribution is -0.120. The zero-order valence-corrected chi connectivity index (χ0v) is 14.2. The zero-order chi connectivity index (χ0) is 16.7. The fourth-order valence-corrected chi connectivity index (χ4v) is 3.51. The number of carbonyl (C=O) groups excluding carboxylic acids is 1. The number of benzene rings is 1. The van der Waals surface area contributed by atoms with Crippen LogP contribution < -0.4 is 5.32 Å². The number of hydrogen-bond donors (Lipinski definition) is 1. The van der Waals surface area contributed by atoms with Gasteiger partial charge in [0, 0.05) is 24.2 Å². The van der Waals surface area contributed by atoms with Gasteiger partial charge in [-0.05, 0) is 49.6 Å². The third kappa shape index (κ3) is 2.67. The Labute approximate surface area is 145 Å². The smallest absolute Gasteiger partial charge is 0.227 e. The maximum Gasteiger partial charge on any atom is 0.227 e. The third-order valence-corrected chi connectivity index (χ3v) is 4.96. The highest BCUT2D eigenvalue weighted by atomic mass is 35.5. The number of rotatable bonds is 2. The van der Waals surface area contributed by atoms with Gasteiger partial charge in [-0.3, -0.25) is 4.79 Å². The van der Waals surface area contributed by atoms with E-state index in [1.807, 2.05) is 24.4 Å². The van der Waals surface area contributed by atoms with Crippen molar-refractivity contribution in [2.45, 2.75) is 26.2 Å². The minimum absolute atomic E-state index is 0.0239. The second-order valence-electron chi connectivity index (χ2n) is 6.35. The number of fused-ring (bicyclic) bond motifs is 3. The number of imidazole rings is 1. The molecule has 24 heavy (non-hydrogen) atoms. The topological polar surface area (TPSA) is 46.4 Å². The van der Waals surface area contributed by atoms with Crippen LogP contribution in [0.15, 0.2) is 42.6 Å². The van der Waals surface area contributed by atoms with E-state index in [9.17, 15) is 4.79 Å². The van der Waals surface area contributed by atoms with Crippen molar-refractivity contribution in [1.82, 2.24) is 9.38 Å². The van der Waals surface area contributed by atoms with E-state index in [4.69, 9.17) is 16.6 Å². The minimum Gasteiger partial charge on any atom is -0.325 e. The van der Waals surface area contributed by atoms with Crippen LogP contribution in [0.4, 0.5) is 5.69 Å². The van der Waals surface area contributed by atoms with Crippen molar-refractivity contribution in [3.05, 3.63) is 64.6 Å². The van der Waals surface area contributed by atoms with Crippen LogP contribution in [-0.4, -0.2) is 15.3 Å². The van der Waals surface area contributed by atoms with Gasteiger partial charge in [0.1, 0.15) is 5.65 Å². The summed E-state index contributed by atoms with van der Waals surface area (Å²) in [5.74, 6) is -0.0363. The van der Waals surface area contributed by atoms with Gasteiger partial charge in [0.2, 0.25) is 5.91 Å². The Balaban J connectivity index is 1.58. The van der Waals surface area contributed by atoms with Crippen LogP contribution in [0, 0.1) is 12.8 Å². The van der Waals surface area contributed by atoms with Gasteiger partial charge in [-0.1, -0.05) is 23.7 Å². The fraction of sp³-hybridized carbons (Fsp3) is 0.263. The molecule has 122 valence electrons. The van der Waals surface area contributed by atoms with Crippen molar-refractivity contribution < 1.29 is 4.79 Å². The van der Waals surface area contributed by atoms with Gasteiger partial charge in [-0.15, -0.1) is 0 Å². The van der Waals surface area contributed by atoms with Crippen LogP contribution in [0.5, 0.6) is 0 Å². The average Bonchev–Trinajstić information content (AvgIpc) is 2.93. The van der Waals surface area contributed by atoms with E-state index in [1.165, 1.54) is 5.56 Å². The molecule has 0 saturated carbocycles. The molecule has 0 fully saturated rings. The van der Waals surface area contributed by atoms with Crippen molar-refractivity contribution in [3.63, 3.8) is 0 Å². The van der Waals surface area contributed by atoms with Gasteiger partial charge in [0.25, 0.3) is 0 Å². The van der Waals surface area contributed by atoms with Crippen LogP contribution in [-0.2, 0) is 17.6 Å². The first kappa shape index (κ1) is 15.2. The highest BCUT2D eigenvalue weighted by Crippen LogP contribution is 2.28. The maximum atomic E-state index is 12.6. The van der Waals surface area contributed by atoms with Crippen LogP contribution in [0.2, 0.25) is 5.02 Å². The number of pyridine rings is 1. The average molecular weight is 340 g/mol. The maximum absolute atomic E-state index is 12.6. The Hall–Kier alpha value is -2.33. The van der Waals surface area contributed by atoms with E-state index < -0.39 is 0 Å². The fourth-order valence-electron chi connectivity index (χ4n) is 3.33. The number of hydrogen-bond acceptors (Lipinski definition) is 2. The third-order valence-electron chi connectivity index (χ3n) is 4.64. The van der Waals surface area contributed by atoms with E-state index in [0.717, 1.165) is 29.9 Å². The molecular weight excluding hydrogens is 322 g/mol. The Kier molecular flexibility index (Phi) is 3.77. The normalized spacial score (nSPS) is 16.8. The van der Waals surface area contributed by atoms with E-state index in [0.29, 0.717) is 17.1 Å². The Morgan fingerprint density at radius 1 is 1.33 bits per heavy atom. The van der Waals surface area contributed by atoms with E-state index >= 15 is 0 Å². The molecule has 5 heteroatoms. The molecule has 0 aliphatic heterocycles. The summed E-state index contributed by atoms with van der Waals surface area (Å²) in [6.07, 6.45) is 4.39. The highest BCUT2D eigenvalue weighted by molar-refractivity contribution is 6.33. The zero-order valence-electron chi connectivity index (χ0n) is 13.4. The molecule has 4 nitrogen and oxygen atoms in total. The molecule has 1 aromatic carbocycles. The molecule has 1 aliphatic carbocycles. The predicted octanol–water partition coefficient (Wildman–Crippen LogP) is 4.04. The van der Waals surface area contributed by atoms with Gasteiger partial charge >= 0.3 is 0 Å². The summed E-state index contributed by atoms with van der Waals surface area (Å²) in [6.45, 7) is 2.06. The minimum atomic E-state index is -0.0602. The summed E-state index contributed by atoms with van der Waals surface area (Å²) >= 11 is 6.13. The molecule has 1 unspecified atom stereocenters. The van der Waals surface area contributed by atoms with Crippen molar-refractivity contribution in [2.24, 2.45) is 5.92 Å². The number of carbonyl (C=O) groups is 1. The van der Waals surface area contributed by atoms with Gasteiger partial charge in [0.15, 0.2) is 0 Å². The molecule has 1 amide bonds. The quantitative estimate of drug-likeness (QED) is 0.766. The summed E-state index contributed by atoms with van der Waals surface area (Å²) in [5, 5.41) is 3.52. The first-order valence-corrected chi connectivity index (χ1v) is 8.51. The number of halogens is 1. The second kappa shape index (κ2) is 5.95. The van der Waals surface area contributed by atoms with Crippen LogP contribution in [0.1, 0.15) is 23.4 Å². The van der Waals surface area contributed by atoms with Gasteiger partial charge < -0.3 is 9.72 Å².